The molecule has 8 nitrogen and oxygen atoms in total. The van der Waals surface area contributed by atoms with Gasteiger partial charge in [-0.3, -0.25) is 0 Å². The summed E-state index contributed by atoms with van der Waals surface area (Å²) in [4.78, 5) is 22.8. The van der Waals surface area contributed by atoms with Gasteiger partial charge in [0.1, 0.15) is 0 Å². The molecular formula is C12H13F6O8S-. The van der Waals surface area contributed by atoms with E-state index in [1.54, 1.807) is 0 Å². The molecule has 0 saturated heterocycles. The molecular weight excluding hydrogens is 418 g/mol. The molecule has 1 unspecified atom stereocenters. The zero-order chi connectivity index (χ0) is 21.7. The predicted octanol–water partition coefficient (Wildman–Crippen LogP) is 1.77. The highest BCUT2D eigenvalue weighted by atomic mass is 32.2. The van der Waals surface area contributed by atoms with Gasteiger partial charge < -0.3 is 18.8 Å². The topological polar surface area (TPSA) is 119 Å². The van der Waals surface area contributed by atoms with Crippen LogP contribution in [-0.4, -0.2) is 55.3 Å². The molecule has 0 rings (SSSR count). The van der Waals surface area contributed by atoms with Crippen molar-refractivity contribution in [3.8, 4) is 0 Å². The molecule has 15 heteroatoms. The highest BCUT2D eigenvalue weighted by Gasteiger charge is 2.68. The van der Waals surface area contributed by atoms with Crippen molar-refractivity contribution in [3.63, 3.8) is 0 Å². The third-order valence-electron chi connectivity index (χ3n) is 2.60. The number of esters is 2. The van der Waals surface area contributed by atoms with Gasteiger partial charge in [-0.25, -0.2) is 18.0 Å². The fourth-order valence-electron chi connectivity index (χ4n) is 1.30. The molecule has 0 aromatic carbocycles. The fraction of sp³-hybridized carbons (Fsp3) is 0.667. The van der Waals surface area contributed by atoms with Crippen LogP contribution in [0.15, 0.2) is 12.4 Å². The Labute approximate surface area is 148 Å². The summed E-state index contributed by atoms with van der Waals surface area (Å²) in [5.41, 5.74) is 0. The van der Waals surface area contributed by atoms with Crippen LogP contribution in [0, 0.1) is 0 Å². The van der Waals surface area contributed by atoms with E-state index in [9.17, 15) is 48.9 Å². The van der Waals surface area contributed by atoms with Crippen LogP contribution >= 0.6 is 0 Å². The first-order valence-corrected chi connectivity index (χ1v) is 8.21. The summed E-state index contributed by atoms with van der Waals surface area (Å²) in [5, 5.41) is -5.06. The van der Waals surface area contributed by atoms with Crippen LogP contribution in [-0.2, 0) is 33.9 Å². The first-order chi connectivity index (χ1) is 12.0. The van der Waals surface area contributed by atoms with Gasteiger partial charge in [-0.15, -0.1) is 0 Å². The van der Waals surface area contributed by atoms with Gasteiger partial charge in [0.15, 0.2) is 10.1 Å². The number of alkyl halides is 5. The predicted molar refractivity (Wildman–Crippen MR) is 71.6 cm³/mol. The second-order valence-electron chi connectivity index (χ2n) is 4.73. The lowest BCUT2D eigenvalue weighted by Crippen LogP contribution is -2.58. The summed E-state index contributed by atoms with van der Waals surface area (Å²) in [6.45, 7) is 1.13. The minimum atomic E-state index is -6.27. The summed E-state index contributed by atoms with van der Waals surface area (Å²) in [6.07, 6.45) is -8.11. The summed E-state index contributed by atoms with van der Waals surface area (Å²) >= 11 is 0. The average molecular weight is 431 g/mol. The zero-order valence-corrected chi connectivity index (χ0v) is 14.3. The van der Waals surface area contributed by atoms with E-state index in [-0.39, 0.29) is 6.42 Å². The lowest BCUT2D eigenvalue weighted by Gasteiger charge is -2.32. The first kappa shape index (κ1) is 25.1. The van der Waals surface area contributed by atoms with Gasteiger partial charge in [0, 0.05) is 6.42 Å². The highest BCUT2D eigenvalue weighted by molar-refractivity contribution is 7.86. The quantitative estimate of drug-likeness (QED) is 0.169. The molecule has 0 aromatic rings. The third kappa shape index (κ3) is 6.35. The standard InChI is InChI=1S/C12H14F6O8S/c1-3-5-24-9(20)11(12(16,17)18,26-8(19)7(2)13)25-6-4-10(14,15)27(21,22)23/h2-6H2,1H3,(H,21,22,23)/p-1. The number of hydrogen-bond donors (Lipinski definition) is 0. The Hall–Kier alpha value is -1.87. The van der Waals surface area contributed by atoms with Gasteiger partial charge >= 0.3 is 29.2 Å². The maximum Gasteiger partial charge on any atom is 0.468 e. The van der Waals surface area contributed by atoms with Crippen LogP contribution < -0.4 is 0 Å². The summed E-state index contributed by atoms with van der Waals surface area (Å²) in [5.74, 6) is -11.7. The molecule has 0 heterocycles. The number of halogens is 6. The van der Waals surface area contributed by atoms with Crippen LogP contribution in [0.3, 0.4) is 0 Å². The molecule has 1 atom stereocenters. The summed E-state index contributed by atoms with van der Waals surface area (Å²) < 4.78 is 121. The molecule has 0 radical (unpaired) electrons. The van der Waals surface area contributed by atoms with Crippen molar-refractivity contribution >= 4 is 22.1 Å². The Kier molecular flexibility index (Phi) is 8.26. The maximum absolute atomic E-state index is 13.3. The van der Waals surface area contributed by atoms with Crippen LogP contribution in [0.1, 0.15) is 19.8 Å². The van der Waals surface area contributed by atoms with Crippen LogP contribution in [0.25, 0.3) is 0 Å². The monoisotopic (exact) mass is 431 g/mol. The van der Waals surface area contributed by atoms with Gasteiger partial charge in [0.05, 0.1) is 13.2 Å². The molecule has 0 bridgehead atoms. The van der Waals surface area contributed by atoms with E-state index in [4.69, 9.17) is 0 Å². The van der Waals surface area contributed by atoms with E-state index in [1.807, 2.05) is 0 Å². The largest absolute Gasteiger partial charge is 0.743 e. The lowest BCUT2D eigenvalue weighted by atomic mass is 10.2. The number of rotatable bonds is 10. The zero-order valence-electron chi connectivity index (χ0n) is 13.5. The molecule has 0 aliphatic carbocycles. The van der Waals surface area contributed by atoms with Crippen molar-refractivity contribution in [3.05, 3.63) is 12.4 Å². The van der Waals surface area contributed by atoms with Gasteiger partial charge in [-0.05, 0) is 6.42 Å². The Morgan fingerprint density at radius 2 is 1.63 bits per heavy atom. The van der Waals surface area contributed by atoms with Crippen molar-refractivity contribution in [2.24, 2.45) is 0 Å². The molecule has 27 heavy (non-hydrogen) atoms. The number of hydrogen-bond acceptors (Lipinski definition) is 8. The van der Waals surface area contributed by atoms with E-state index in [2.05, 4.69) is 20.8 Å². The van der Waals surface area contributed by atoms with Gasteiger partial charge in [-0.1, -0.05) is 13.5 Å². The van der Waals surface area contributed by atoms with Gasteiger partial charge in [0.2, 0.25) is 5.83 Å². The van der Waals surface area contributed by atoms with Crippen LogP contribution in [0.5, 0.6) is 0 Å². The Morgan fingerprint density at radius 1 is 1.11 bits per heavy atom. The Balaban J connectivity index is 5.82. The van der Waals surface area contributed by atoms with E-state index in [1.165, 1.54) is 6.92 Å². The van der Waals surface area contributed by atoms with Crippen molar-refractivity contribution in [1.82, 2.24) is 0 Å². The van der Waals surface area contributed by atoms with Gasteiger partial charge in [0.25, 0.3) is 0 Å². The third-order valence-corrected chi connectivity index (χ3v) is 3.54. The first-order valence-electron chi connectivity index (χ1n) is 6.80. The SMILES string of the molecule is C=C(F)C(=O)OC(OCCC(F)(F)S(=O)(=O)[O-])(C(=O)OCCC)C(F)(F)F. The van der Waals surface area contributed by atoms with E-state index in [0.717, 1.165) is 0 Å². The van der Waals surface area contributed by atoms with Crippen LogP contribution in [0.2, 0.25) is 0 Å². The van der Waals surface area contributed by atoms with Crippen molar-refractivity contribution in [2.75, 3.05) is 13.2 Å². The minimum Gasteiger partial charge on any atom is -0.743 e. The van der Waals surface area contributed by atoms with E-state index in [0.29, 0.717) is 0 Å². The maximum atomic E-state index is 13.3. The smallest absolute Gasteiger partial charge is 0.468 e. The molecule has 0 amide bonds. The normalized spacial score (nSPS) is 15.0. The summed E-state index contributed by atoms with van der Waals surface area (Å²) in [7, 11) is -6.27. The molecule has 0 aliphatic heterocycles. The fourth-order valence-corrected chi connectivity index (χ4v) is 1.63. The lowest BCUT2D eigenvalue weighted by molar-refractivity contribution is -0.356. The van der Waals surface area contributed by atoms with E-state index < -0.39 is 64.7 Å². The van der Waals surface area contributed by atoms with Crippen molar-refractivity contribution in [2.45, 2.75) is 37.0 Å². The summed E-state index contributed by atoms with van der Waals surface area (Å²) in [6, 6.07) is 0. The minimum absolute atomic E-state index is 0.0179. The number of carbonyl (C=O) groups is 2. The van der Waals surface area contributed by atoms with Crippen molar-refractivity contribution < 1.29 is 63.1 Å². The molecule has 0 fully saturated rings. The van der Waals surface area contributed by atoms with Crippen molar-refractivity contribution in [1.29, 1.82) is 0 Å². The Morgan fingerprint density at radius 3 is 2.00 bits per heavy atom. The Bertz CT molecular complexity index is 674. The van der Waals surface area contributed by atoms with Crippen LogP contribution in [0.4, 0.5) is 26.3 Å². The average Bonchev–Trinajstić information content (AvgIpc) is 2.48. The molecule has 0 N–H and O–H groups in total. The highest BCUT2D eigenvalue weighted by Crippen LogP contribution is 2.38. The molecule has 0 aliphatic rings. The second kappa shape index (κ2) is 8.88. The molecule has 0 saturated carbocycles. The van der Waals surface area contributed by atoms with E-state index >= 15 is 0 Å². The number of ether oxygens (including phenoxy) is 3. The molecule has 0 aromatic heterocycles. The number of carbonyl (C=O) groups excluding carboxylic acids is 2. The second-order valence-corrected chi connectivity index (χ2v) is 6.24. The molecule has 158 valence electrons. The molecule has 0 spiro atoms. The van der Waals surface area contributed by atoms with Gasteiger partial charge in [-0.2, -0.15) is 26.3 Å².